The summed E-state index contributed by atoms with van der Waals surface area (Å²) in [4.78, 5) is 15.2. The molecule has 1 aromatic heterocycles. The van der Waals surface area contributed by atoms with Crippen LogP contribution in [0.25, 0.3) is 11.1 Å². The van der Waals surface area contributed by atoms with Gasteiger partial charge in [0.25, 0.3) is 0 Å². The number of benzene rings is 2. The largest absolute Gasteiger partial charge is 0.326 e. The number of anilines is 1. The first kappa shape index (κ1) is 19.3. The van der Waals surface area contributed by atoms with Crippen molar-refractivity contribution in [2.24, 2.45) is 13.0 Å². The molecule has 1 atom stereocenters. The van der Waals surface area contributed by atoms with Gasteiger partial charge < -0.3 is 5.32 Å². The second-order valence-corrected chi connectivity index (χ2v) is 7.67. The first-order valence-corrected chi connectivity index (χ1v) is 9.93. The molecule has 6 heteroatoms. The predicted octanol–water partition coefficient (Wildman–Crippen LogP) is 4.08. The third-order valence-electron chi connectivity index (χ3n) is 5.35. The van der Waals surface area contributed by atoms with Crippen molar-refractivity contribution in [2.45, 2.75) is 19.4 Å². The monoisotopic (exact) mass is 392 g/mol. The van der Waals surface area contributed by atoms with Crippen LogP contribution in [-0.2, 0) is 18.4 Å². The van der Waals surface area contributed by atoms with Gasteiger partial charge in [-0.2, -0.15) is 5.10 Å². The number of nitrogens with one attached hydrogen (secondary N) is 1. The molecular weight excluding hydrogens is 367 g/mol. The van der Waals surface area contributed by atoms with E-state index in [0.717, 1.165) is 49.3 Å². The summed E-state index contributed by atoms with van der Waals surface area (Å²) < 4.78 is 15.0. The minimum atomic E-state index is -0.258. The number of aromatic nitrogens is 2. The fourth-order valence-electron chi connectivity index (χ4n) is 3.89. The lowest BCUT2D eigenvalue weighted by Crippen LogP contribution is -2.40. The summed E-state index contributed by atoms with van der Waals surface area (Å²) >= 11 is 0. The van der Waals surface area contributed by atoms with E-state index in [4.69, 9.17) is 0 Å². The van der Waals surface area contributed by atoms with Crippen LogP contribution in [-0.4, -0.2) is 33.7 Å². The van der Waals surface area contributed by atoms with Gasteiger partial charge in [-0.15, -0.1) is 0 Å². The van der Waals surface area contributed by atoms with Gasteiger partial charge >= 0.3 is 0 Å². The zero-order valence-electron chi connectivity index (χ0n) is 16.5. The Morgan fingerprint density at radius 3 is 2.79 bits per heavy atom. The number of likely N-dealkylation sites (tertiary alicyclic amines) is 1. The minimum absolute atomic E-state index is 0.0325. The molecule has 0 unspecified atom stereocenters. The Morgan fingerprint density at radius 1 is 1.21 bits per heavy atom. The van der Waals surface area contributed by atoms with Gasteiger partial charge in [0.15, 0.2) is 0 Å². The Morgan fingerprint density at radius 2 is 2.03 bits per heavy atom. The van der Waals surface area contributed by atoms with Crippen molar-refractivity contribution in [3.63, 3.8) is 0 Å². The Labute approximate surface area is 170 Å². The van der Waals surface area contributed by atoms with E-state index >= 15 is 0 Å². The van der Waals surface area contributed by atoms with Crippen molar-refractivity contribution in [3.05, 3.63) is 72.3 Å². The topological polar surface area (TPSA) is 50.2 Å². The number of carbonyl (C=O) groups is 1. The van der Waals surface area contributed by atoms with Gasteiger partial charge in [0, 0.05) is 37.6 Å². The van der Waals surface area contributed by atoms with E-state index < -0.39 is 0 Å². The third kappa shape index (κ3) is 4.90. The molecule has 2 heterocycles. The molecule has 1 saturated heterocycles. The van der Waals surface area contributed by atoms with Gasteiger partial charge in [0.1, 0.15) is 5.82 Å². The minimum Gasteiger partial charge on any atom is -0.326 e. The zero-order chi connectivity index (χ0) is 20.2. The van der Waals surface area contributed by atoms with E-state index in [9.17, 15) is 9.18 Å². The summed E-state index contributed by atoms with van der Waals surface area (Å²) in [5.74, 6) is -0.238. The molecule has 29 heavy (non-hydrogen) atoms. The van der Waals surface area contributed by atoms with E-state index in [1.807, 2.05) is 43.7 Å². The van der Waals surface area contributed by atoms with Crippen LogP contribution in [0.5, 0.6) is 0 Å². The van der Waals surface area contributed by atoms with Crippen molar-refractivity contribution in [1.82, 2.24) is 14.7 Å². The number of nitrogens with zero attached hydrogens (tertiary/aromatic N) is 3. The lowest BCUT2D eigenvalue weighted by molar-refractivity contribution is -0.121. The molecule has 3 aromatic rings. The van der Waals surface area contributed by atoms with Gasteiger partial charge in [0.05, 0.1) is 12.1 Å². The fraction of sp³-hybridized carbons (Fsp3) is 0.304. The fourth-order valence-corrected chi connectivity index (χ4v) is 3.89. The van der Waals surface area contributed by atoms with Crippen LogP contribution in [0.15, 0.2) is 60.9 Å². The third-order valence-corrected chi connectivity index (χ3v) is 5.35. The summed E-state index contributed by atoms with van der Waals surface area (Å²) in [5, 5.41) is 7.29. The zero-order valence-corrected chi connectivity index (χ0v) is 16.5. The molecule has 1 aliphatic rings. The number of hydrogen-bond donors (Lipinski definition) is 1. The van der Waals surface area contributed by atoms with Crippen LogP contribution < -0.4 is 5.32 Å². The molecule has 150 valence electrons. The predicted molar refractivity (Wildman–Crippen MR) is 112 cm³/mol. The smallest absolute Gasteiger partial charge is 0.228 e. The van der Waals surface area contributed by atoms with Crippen LogP contribution >= 0.6 is 0 Å². The lowest BCUT2D eigenvalue weighted by Gasteiger charge is -2.31. The molecule has 0 radical (unpaired) electrons. The van der Waals surface area contributed by atoms with Crippen LogP contribution in [0, 0.1) is 11.7 Å². The molecule has 1 N–H and O–H groups in total. The average Bonchev–Trinajstić information content (AvgIpc) is 3.13. The van der Waals surface area contributed by atoms with Gasteiger partial charge in [-0.05, 0) is 54.8 Å². The first-order chi connectivity index (χ1) is 14.1. The second kappa shape index (κ2) is 8.57. The van der Waals surface area contributed by atoms with Crippen molar-refractivity contribution in [3.8, 4) is 11.1 Å². The maximum Gasteiger partial charge on any atom is 0.228 e. The van der Waals surface area contributed by atoms with E-state index in [1.165, 1.54) is 17.7 Å². The number of aryl methyl sites for hydroxylation is 1. The van der Waals surface area contributed by atoms with Crippen LogP contribution in [0.1, 0.15) is 18.4 Å². The molecule has 0 aliphatic carbocycles. The molecule has 5 nitrogen and oxygen atoms in total. The molecule has 1 amide bonds. The normalized spacial score (nSPS) is 17.2. The number of hydrogen-bond acceptors (Lipinski definition) is 3. The van der Waals surface area contributed by atoms with Crippen molar-refractivity contribution in [1.29, 1.82) is 0 Å². The van der Waals surface area contributed by atoms with E-state index in [-0.39, 0.29) is 17.6 Å². The number of halogens is 1. The lowest BCUT2D eigenvalue weighted by atomic mass is 9.96. The molecule has 0 spiro atoms. The second-order valence-electron chi connectivity index (χ2n) is 7.67. The molecular formula is C23H25FN4O. The summed E-state index contributed by atoms with van der Waals surface area (Å²) in [5.41, 5.74) is 3.80. The van der Waals surface area contributed by atoms with Crippen molar-refractivity contribution >= 4 is 11.6 Å². The Kier molecular flexibility index (Phi) is 5.71. The summed E-state index contributed by atoms with van der Waals surface area (Å²) in [6, 6.07) is 14.1. The van der Waals surface area contributed by atoms with Crippen LogP contribution in [0.3, 0.4) is 0 Å². The van der Waals surface area contributed by atoms with Gasteiger partial charge in [-0.1, -0.05) is 24.3 Å². The highest BCUT2D eigenvalue weighted by Crippen LogP contribution is 2.25. The van der Waals surface area contributed by atoms with Crippen LogP contribution in [0.4, 0.5) is 10.1 Å². The summed E-state index contributed by atoms with van der Waals surface area (Å²) in [6.45, 7) is 2.56. The standard InChI is InChI=1S/C23H25FN4O/c1-27-14-17(13-25-27)15-28-11-3-5-20(16-28)23(29)26-22-6-2-4-19(12-22)18-7-9-21(24)10-8-18/h2,4,6-10,12-14,20H,3,5,11,15-16H2,1H3,(H,26,29)/t20-/m0/s1. The van der Waals surface area contributed by atoms with Crippen molar-refractivity contribution < 1.29 is 9.18 Å². The maximum absolute atomic E-state index is 13.2. The maximum atomic E-state index is 13.2. The average molecular weight is 392 g/mol. The first-order valence-electron chi connectivity index (χ1n) is 9.93. The van der Waals surface area contributed by atoms with Gasteiger partial charge in [-0.3, -0.25) is 14.4 Å². The molecule has 2 aromatic carbocycles. The molecule has 4 rings (SSSR count). The van der Waals surface area contributed by atoms with Gasteiger partial charge in [0.2, 0.25) is 5.91 Å². The Balaban J connectivity index is 1.39. The number of rotatable bonds is 5. The molecule has 0 bridgehead atoms. The highest BCUT2D eigenvalue weighted by atomic mass is 19.1. The van der Waals surface area contributed by atoms with E-state index in [1.54, 1.807) is 16.8 Å². The quantitative estimate of drug-likeness (QED) is 0.712. The Hall–Kier alpha value is -2.99. The van der Waals surface area contributed by atoms with Gasteiger partial charge in [-0.25, -0.2) is 4.39 Å². The molecule has 0 saturated carbocycles. The highest BCUT2D eigenvalue weighted by molar-refractivity contribution is 5.93. The molecule has 1 aliphatic heterocycles. The number of piperidine rings is 1. The summed E-state index contributed by atoms with van der Waals surface area (Å²) in [6.07, 6.45) is 5.80. The van der Waals surface area contributed by atoms with Crippen molar-refractivity contribution in [2.75, 3.05) is 18.4 Å². The van der Waals surface area contributed by atoms with E-state index in [2.05, 4.69) is 15.3 Å². The summed E-state index contributed by atoms with van der Waals surface area (Å²) in [7, 11) is 1.91. The van der Waals surface area contributed by atoms with E-state index in [0.29, 0.717) is 0 Å². The number of amides is 1. The SMILES string of the molecule is Cn1cc(CN2CCC[C@H](C(=O)Nc3cccc(-c4ccc(F)cc4)c3)C2)cn1. The number of carbonyl (C=O) groups excluding carboxylic acids is 1. The highest BCUT2D eigenvalue weighted by Gasteiger charge is 2.26. The Bertz CT molecular complexity index is 983. The van der Waals surface area contributed by atoms with Crippen LogP contribution in [0.2, 0.25) is 0 Å². The molecule has 1 fully saturated rings.